The first-order valence-electron chi connectivity index (χ1n) is 7.22. The quantitative estimate of drug-likeness (QED) is 0.936. The minimum Gasteiger partial charge on any atom is -0.379 e. The summed E-state index contributed by atoms with van der Waals surface area (Å²) >= 11 is 6.18. The molecule has 1 N–H and O–H groups in total. The highest BCUT2D eigenvalue weighted by Crippen LogP contribution is 2.30. The fraction of sp³-hybridized carbons (Fsp3) is 0.235. The maximum absolute atomic E-state index is 12.5. The van der Waals surface area contributed by atoms with Gasteiger partial charge in [-0.3, -0.25) is 4.79 Å². The molecule has 1 aliphatic heterocycles. The van der Waals surface area contributed by atoms with Crippen molar-refractivity contribution in [1.82, 2.24) is 4.98 Å². The van der Waals surface area contributed by atoms with Gasteiger partial charge in [0.25, 0.3) is 5.91 Å². The Morgan fingerprint density at radius 2 is 2.13 bits per heavy atom. The Labute approximate surface area is 139 Å². The lowest BCUT2D eigenvalue weighted by molar-refractivity contribution is -0.135. The third-order valence-electron chi connectivity index (χ3n) is 3.68. The Kier molecular flexibility index (Phi) is 4.05. The molecule has 1 unspecified atom stereocenters. The Bertz CT molecular complexity index is 791. The number of carbonyl (C=O) groups excluding carboxylic acids is 1. The van der Waals surface area contributed by atoms with Crippen LogP contribution < -0.4 is 5.32 Å². The number of anilines is 1. The standard InChI is InChI=1S/C17H16ClN3O2/c1-11-7-8-19-15(9-11)20-16(22)17(2)10-14(21-23-17)12-5-3-4-6-13(12)18/h3-9H,10H2,1-2H3,(H,19,20,22). The molecule has 0 fully saturated rings. The van der Waals surface area contributed by atoms with Crippen molar-refractivity contribution in [3.8, 4) is 0 Å². The molecule has 0 saturated carbocycles. The van der Waals surface area contributed by atoms with Gasteiger partial charge < -0.3 is 10.2 Å². The molecule has 1 atom stereocenters. The average molecular weight is 330 g/mol. The van der Waals surface area contributed by atoms with Crippen LogP contribution in [-0.2, 0) is 9.63 Å². The van der Waals surface area contributed by atoms with Crippen LogP contribution in [0.2, 0.25) is 5.02 Å². The first kappa shape index (κ1) is 15.5. The predicted octanol–water partition coefficient (Wildman–Crippen LogP) is 3.57. The summed E-state index contributed by atoms with van der Waals surface area (Å²) in [5.74, 6) is 0.201. The van der Waals surface area contributed by atoms with E-state index in [2.05, 4.69) is 15.5 Å². The summed E-state index contributed by atoms with van der Waals surface area (Å²) in [6, 6.07) is 11.0. The Morgan fingerprint density at radius 3 is 2.87 bits per heavy atom. The van der Waals surface area contributed by atoms with Gasteiger partial charge in [-0.15, -0.1) is 0 Å². The smallest absolute Gasteiger partial charge is 0.272 e. The summed E-state index contributed by atoms with van der Waals surface area (Å²) in [5, 5.41) is 7.40. The largest absolute Gasteiger partial charge is 0.379 e. The van der Waals surface area contributed by atoms with Crippen molar-refractivity contribution in [2.24, 2.45) is 5.16 Å². The van der Waals surface area contributed by atoms with E-state index in [1.54, 1.807) is 25.3 Å². The van der Waals surface area contributed by atoms with Crippen LogP contribution in [0.1, 0.15) is 24.5 Å². The zero-order valence-corrected chi connectivity index (χ0v) is 13.6. The summed E-state index contributed by atoms with van der Waals surface area (Å²) in [6.45, 7) is 3.63. The molecule has 2 aromatic rings. The van der Waals surface area contributed by atoms with Crippen LogP contribution in [0.4, 0.5) is 5.82 Å². The van der Waals surface area contributed by atoms with Crippen LogP contribution in [0.25, 0.3) is 0 Å². The Balaban J connectivity index is 1.74. The van der Waals surface area contributed by atoms with Gasteiger partial charge in [0.05, 0.1) is 5.71 Å². The van der Waals surface area contributed by atoms with Gasteiger partial charge in [-0.1, -0.05) is 35.0 Å². The first-order chi connectivity index (χ1) is 11.0. The molecular formula is C17H16ClN3O2. The SMILES string of the molecule is Cc1ccnc(NC(=O)C2(C)CC(c3ccccc3Cl)=NO2)c1. The lowest BCUT2D eigenvalue weighted by atomic mass is 9.95. The number of pyridine rings is 1. The number of amides is 1. The van der Waals surface area contributed by atoms with E-state index in [1.165, 1.54) is 0 Å². The molecule has 0 aliphatic carbocycles. The number of rotatable bonds is 3. The van der Waals surface area contributed by atoms with Crippen LogP contribution in [0.5, 0.6) is 0 Å². The van der Waals surface area contributed by atoms with E-state index in [4.69, 9.17) is 16.4 Å². The van der Waals surface area contributed by atoms with Gasteiger partial charge >= 0.3 is 0 Å². The average Bonchev–Trinajstić information content (AvgIpc) is 2.91. The van der Waals surface area contributed by atoms with E-state index in [-0.39, 0.29) is 5.91 Å². The molecule has 5 nitrogen and oxygen atoms in total. The molecule has 2 heterocycles. The summed E-state index contributed by atoms with van der Waals surface area (Å²) in [4.78, 5) is 22.1. The maximum atomic E-state index is 12.5. The molecule has 0 radical (unpaired) electrons. The molecule has 118 valence electrons. The van der Waals surface area contributed by atoms with Crippen LogP contribution in [0.3, 0.4) is 0 Å². The van der Waals surface area contributed by atoms with Crippen molar-refractivity contribution < 1.29 is 9.63 Å². The highest BCUT2D eigenvalue weighted by Gasteiger charge is 2.42. The topological polar surface area (TPSA) is 63.6 Å². The maximum Gasteiger partial charge on any atom is 0.272 e. The van der Waals surface area contributed by atoms with Crippen molar-refractivity contribution in [2.75, 3.05) is 5.32 Å². The van der Waals surface area contributed by atoms with Gasteiger partial charge in [0.1, 0.15) is 5.82 Å². The van der Waals surface area contributed by atoms with E-state index >= 15 is 0 Å². The van der Waals surface area contributed by atoms with Crippen LogP contribution >= 0.6 is 11.6 Å². The van der Waals surface area contributed by atoms with Gasteiger partial charge in [-0.05, 0) is 37.6 Å². The summed E-state index contributed by atoms with van der Waals surface area (Å²) in [7, 11) is 0. The summed E-state index contributed by atoms with van der Waals surface area (Å²) < 4.78 is 0. The lowest BCUT2D eigenvalue weighted by Crippen LogP contribution is -2.40. The van der Waals surface area contributed by atoms with Gasteiger partial charge in [0.15, 0.2) is 0 Å². The molecule has 1 amide bonds. The third-order valence-corrected chi connectivity index (χ3v) is 4.01. The van der Waals surface area contributed by atoms with E-state index in [0.717, 1.165) is 11.1 Å². The number of benzene rings is 1. The van der Waals surface area contributed by atoms with Crippen molar-refractivity contribution in [3.63, 3.8) is 0 Å². The van der Waals surface area contributed by atoms with Crippen molar-refractivity contribution >= 4 is 29.0 Å². The highest BCUT2D eigenvalue weighted by atomic mass is 35.5. The fourth-order valence-corrected chi connectivity index (χ4v) is 2.60. The number of aryl methyl sites for hydroxylation is 1. The molecule has 3 rings (SSSR count). The molecule has 0 spiro atoms. The minimum atomic E-state index is -1.08. The van der Waals surface area contributed by atoms with E-state index in [9.17, 15) is 4.79 Å². The molecule has 0 saturated heterocycles. The van der Waals surface area contributed by atoms with Crippen LogP contribution in [0, 0.1) is 6.92 Å². The number of hydrogen-bond acceptors (Lipinski definition) is 4. The number of nitrogens with one attached hydrogen (secondary N) is 1. The van der Waals surface area contributed by atoms with Gasteiger partial charge in [-0.25, -0.2) is 4.98 Å². The number of hydrogen-bond donors (Lipinski definition) is 1. The van der Waals surface area contributed by atoms with Crippen molar-refractivity contribution in [3.05, 3.63) is 58.7 Å². The number of carbonyl (C=O) groups is 1. The highest BCUT2D eigenvalue weighted by molar-refractivity contribution is 6.34. The second-order valence-electron chi connectivity index (χ2n) is 5.69. The van der Waals surface area contributed by atoms with Gasteiger partial charge in [0.2, 0.25) is 5.60 Å². The molecule has 1 aromatic heterocycles. The fourth-order valence-electron chi connectivity index (χ4n) is 2.35. The Morgan fingerprint density at radius 1 is 1.35 bits per heavy atom. The Hall–Kier alpha value is -2.40. The molecule has 0 bridgehead atoms. The first-order valence-corrected chi connectivity index (χ1v) is 7.60. The summed E-state index contributed by atoms with van der Waals surface area (Å²) in [6.07, 6.45) is 1.99. The van der Waals surface area contributed by atoms with Crippen molar-refractivity contribution in [2.45, 2.75) is 25.9 Å². The van der Waals surface area contributed by atoms with Crippen molar-refractivity contribution in [1.29, 1.82) is 0 Å². The number of halogens is 1. The predicted molar refractivity (Wildman–Crippen MR) is 89.7 cm³/mol. The number of oxime groups is 1. The third kappa shape index (κ3) is 3.19. The normalized spacial score (nSPS) is 19.9. The molecule has 6 heteroatoms. The zero-order valence-electron chi connectivity index (χ0n) is 12.8. The number of aromatic nitrogens is 1. The van der Waals surface area contributed by atoms with Crippen LogP contribution in [-0.4, -0.2) is 22.2 Å². The minimum absolute atomic E-state index is 0.290. The van der Waals surface area contributed by atoms with Gasteiger partial charge in [0, 0.05) is 23.2 Å². The van der Waals surface area contributed by atoms with E-state index in [0.29, 0.717) is 23.0 Å². The lowest BCUT2D eigenvalue weighted by Gasteiger charge is -2.20. The monoisotopic (exact) mass is 329 g/mol. The molecular weight excluding hydrogens is 314 g/mol. The number of nitrogens with zero attached hydrogens (tertiary/aromatic N) is 2. The van der Waals surface area contributed by atoms with Crippen LogP contribution in [0.15, 0.2) is 47.8 Å². The zero-order chi connectivity index (χ0) is 16.4. The molecule has 1 aromatic carbocycles. The molecule has 23 heavy (non-hydrogen) atoms. The summed E-state index contributed by atoms with van der Waals surface area (Å²) in [5.41, 5.74) is 1.37. The van der Waals surface area contributed by atoms with Gasteiger partial charge in [-0.2, -0.15) is 0 Å². The molecule has 1 aliphatic rings. The van der Waals surface area contributed by atoms with E-state index < -0.39 is 5.60 Å². The second-order valence-corrected chi connectivity index (χ2v) is 6.10. The van der Waals surface area contributed by atoms with E-state index in [1.807, 2.05) is 31.2 Å². The second kappa shape index (κ2) is 6.01.